The van der Waals surface area contributed by atoms with Gasteiger partial charge in [-0.3, -0.25) is 15.0 Å². The first-order chi connectivity index (χ1) is 12.0. The van der Waals surface area contributed by atoms with E-state index in [1.807, 2.05) is 0 Å². The minimum Gasteiger partial charge on any atom is -0.482 e. The number of rotatable bonds is 6. The zero-order chi connectivity index (χ0) is 17.8. The van der Waals surface area contributed by atoms with Crippen molar-refractivity contribution in [2.75, 3.05) is 25.0 Å². The van der Waals surface area contributed by atoms with E-state index in [2.05, 4.69) is 22.1 Å². The summed E-state index contributed by atoms with van der Waals surface area (Å²) in [6, 6.07) is 4.88. The molecule has 1 aliphatic heterocycles. The predicted molar refractivity (Wildman–Crippen MR) is 102 cm³/mol. The number of hydrogen-bond acceptors (Lipinski definition) is 5. The first kappa shape index (κ1) is 18.5. The number of halogens is 2. The van der Waals surface area contributed by atoms with Crippen LogP contribution in [-0.2, 0) is 17.8 Å². The van der Waals surface area contributed by atoms with Gasteiger partial charge in [-0.2, -0.15) is 0 Å². The van der Waals surface area contributed by atoms with E-state index < -0.39 is 0 Å². The maximum atomic E-state index is 12.1. The van der Waals surface area contributed by atoms with E-state index in [1.165, 1.54) is 16.2 Å². The summed E-state index contributed by atoms with van der Waals surface area (Å²) in [5.74, 6) is 0.164. The van der Waals surface area contributed by atoms with Gasteiger partial charge in [0.05, 0.1) is 10.7 Å². The molecule has 1 aliphatic rings. The SMILES string of the molecule is CCCN1CCc2nc(NC(=O)COc3ccc(Cl)cc3Cl)sc2C1. The van der Waals surface area contributed by atoms with Crippen molar-refractivity contribution in [3.05, 3.63) is 38.8 Å². The van der Waals surface area contributed by atoms with Gasteiger partial charge in [-0.05, 0) is 31.2 Å². The molecule has 0 radical (unpaired) electrons. The van der Waals surface area contributed by atoms with Crippen LogP contribution in [0.5, 0.6) is 5.75 Å². The van der Waals surface area contributed by atoms with Gasteiger partial charge in [0, 0.05) is 29.4 Å². The molecule has 1 aromatic heterocycles. The Labute approximate surface area is 160 Å². The predicted octanol–water partition coefficient (Wildman–Crippen LogP) is 4.24. The third kappa shape index (κ3) is 4.85. The van der Waals surface area contributed by atoms with Gasteiger partial charge in [-0.15, -0.1) is 11.3 Å². The van der Waals surface area contributed by atoms with Crippen LogP contribution in [-0.4, -0.2) is 35.5 Å². The van der Waals surface area contributed by atoms with Crippen LogP contribution in [0.25, 0.3) is 0 Å². The van der Waals surface area contributed by atoms with E-state index in [-0.39, 0.29) is 12.5 Å². The number of fused-ring (bicyclic) bond motifs is 1. The molecule has 1 amide bonds. The molecule has 0 saturated heterocycles. The summed E-state index contributed by atoms with van der Waals surface area (Å²) in [5.41, 5.74) is 1.09. The Kier molecular flexibility index (Phi) is 6.17. The van der Waals surface area contributed by atoms with Gasteiger partial charge in [0.2, 0.25) is 0 Å². The number of anilines is 1. The number of carbonyl (C=O) groups excluding carboxylic acids is 1. The minimum absolute atomic E-state index is 0.131. The monoisotopic (exact) mass is 399 g/mol. The van der Waals surface area contributed by atoms with E-state index in [1.54, 1.807) is 18.2 Å². The highest BCUT2D eigenvalue weighted by Crippen LogP contribution is 2.29. The molecule has 0 unspecified atom stereocenters. The Bertz CT molecular complexity index is 766. The summed E-state index contributed by atoms with van der Waals surface area (Å²) < 4.78 is 5.44. The molecule has 25 heavy (non-hydrogen) atoms. The summed E-state index contributed by atoms with van der Waals surface area (Å²) >= 11 is 13.4. The normalized spacial score (nSPS) is 14.2. The quantitative estimate of drug-likeness (QED) is 0.788. The number of hydrogen-bond donors (Lipinski definition) is 1. The number of ether oxygens (including phenoxy) is 1. The van der Waals surface area contributed by atoms with Crippen molar-refractivity contribution < 1.29 is 9.53 Å². The second-order valence-corrected chi connectivity index (χ2v) is 7.75. The lowest BCUT2D eigenvalue weighted by Gasteiger charge is -2.24. The Hall–Kier alpha value is -1.34. The Morgan fingerprint density at radius 1 is 1.44 bits per heavy atom. The number of thiazole rings is 1. The lowest BCUT2D eigenvalue weighted by Crippen LogP contribution is -2.30. The van der Waals surface area contributed by atoms with Crippen LogP contribution in [0.1, 0.15) is 23.9 Å². The molecule has 8 heteroatoms. The van der Waals surface area contributed by atoms with Crippen molar-refractivity contribution in [3.8, 4) is 5.75 Å². The first-order valence-corrected chi connectivity index (χ1v) is 9.71. The molecule has 1 N–H and O–H groups in total. The fourth-order valence-corrected chi connectivity index (χ4v) is 4.23. The Balaban J connectivity index is 1.55. The average Bonchev–Trinajstić information content (AvgIpc) is 2.95. The van der Waals surface area contributed by atoms with Gasteiger partial charge >= 0.3 is 0 Å². The van der Waals surface area contributed by atoms with Crippen LogP contribution in [0.2, 0.25) is 10.0 Å². The molecule has 0 atom stereocenters. The number of amides is 1. The Morgan fingerprint density at radius 2 is 2.28 bits per heavy atom. The fourth-order valence-electron chi connectivity index (χ4n) is 2.70. The molecule has 2 heterocycles. The van der Waals surface area contributed by atoms with E-state index in [4.69, 9.17) is 27.9 Å². The number of nitrogens with zero attached hydrogens (tertiary/aromatic N) is 2. The topological polar surface area (TPSA) is 54.5 Å². The summed E-state index contributed by atoms with van der Waals surface area (Å²) in [7, 11) is 0. The second-order valence-electron chi connectivity index (χ2n) is 5.83. The van der Waals surface area contributed by atoms with Crippen molar-refractivity contribution in [1.82, 2.24) is 9.88 Å². The van der Waals surface area contributed by atoms with Gasteiger partial charge in [-0.1, -0.05) is 30.1 Å². The largest absolute Gasteiger partial charge is 0.482 e. The fraction of sp³-hybridized carbons (Fsp3) is 0.412. The molecule has 0 aliphatic carbocycles. The summed E-state index contributed by atoms with van der Waals surface area (Å²) in [4.78, 5) is 20.3. The van der Waals surface area contributed by atoms with Crippen LogP contribution in [0.3, 0.4) is 0 Å². The first-order valence-electron chi connectivity index (χ1n) is 8.13. The molecule has 0 bridgehead atoms. The number of benzene rings is 1. The zero-order valence-corrected chi connectivity index (χ0v) is 16.2. The van der Waals surface area contributed by atoms with Crippen LogP contribution >= 0.6 is 34.5 Å². The van der Waals surface area contributed by atoms with Crippen LogP contribution in [0.15, 0.2) is 18.2 Å². The summed E-state index contributed by atoms with van der Waals surface area (Å²) in [6.45, 7) is 5.08. The zero-order valence-electron chi connectivity index (χ0n) is 13.8. The second kappa shape index (κ2) is 8.36. The molecular weight excluding hydrogens is 381 g/mol. The van der Waals surface area contributed by atoms with Crippen LogP contribution in [0, 0.1) is 0 Å². The summed E-state index contributed by atoms with van der Waals surface area (Å²) in [6.07, 6.45) is 2.07. The van der Waals surface area contributed by atoms with Gasteiger partial charge in [0.1, 0.15) is 5.75 Å². The smallest absolute Gasteiger partial charge is 0.264 e. The lowest BCUT2D eigenvalue weighted by molar-refractivity contribution is -0.118. The lowest BCUT2D eigenvalue weighted by atomic mass is 10.2. The molecular formula is C17H19Cl2N3O2S. The Morgan fingerprint density at radius 3 is 3.04 bits per heavy atom. The highest BCUT2D eigenvalue weighted by molar-refractivity contribution is 7.15. The van der Waals surface area contributed by atoms with Crippen molar-refractivity contribution in [1.29, 1.82) is 0 Å². The van der Waals surface area contributed by atoms with Gasteiger partial charge in [0.25, 0.3) is 5.91 Å². The molecule has 3 rings (SSSR count). The highest BCUT2D eigenvalue weighted by atomic mass is 35.5. The standard InChI is InChI=1S/C17H19Cl2N3O2S/c1-2-6-22-7-5-13-15(9-22)25-17(20-13)21-16(23)10-24-14-4-3-11(18)8-12(14)19/h3-4,8H,2,5-7,9-10H2,1H3,(H,20,21,23). The third-order valence-electron chi connectivity index (χ3n) is 3.85. The molecule has 1 aromatic carbocycles. The van der Waals surface area contributed by atoms with E-state index in [0.29, 0.717) is 20.9 Å². The third-order valence-corrected chi connectivity index (χ3v) is 5.38. The van der Waals surface area contributed by atoms with Crippen LogP contribution < -0.4 is 10.1 Å². The molecule has 0 fully saturated rings. The number of nitrogens with one attached hydrogen (secondary N) is 1. The molecule has 134 valence electrons. The van der Waals surface area contributed by atoms with Gasteiger partial charge < -0.3 is 4.74 Å². The van der Waals surface area contributed by atoms with Crippen molar-refractivity contribution in [2.45, 2.75) is 26.3 Å². The van der Waals surface area contributed by atoms with Crippen molar-refractivity contribution >= 4 is 45.6 Å². The molecule has 0 saturated carbocycles. The number of carbonyl (C=O) groups is 1. The molecule has 0 spiro atoms. The number of aromatic nitrogens is 1. The van der Waals surface area contributed by atoms with Crippen LogP contribution in [0.4, 0.5) is 5.13 Å². The van der Waals surface area contributed by atoms with Crippen molar-refractivity contribution in [3.63, 3.8) is 0 Å². The van der Waals surface area contributed by atoms with E-state index in [9.17, 15) is 4.79 Å². The molecule has 5 nitrogen and oxygen atoms in total. The summed E-state index contributed by atoms with van der Waals surface area (Å²) in [5, 5.41) is 4.32. The van der Waals surface area contributed by atoms with Crippen molar-refractivity contribution in [2.24, 2.45) is 0 Å². The maximum Gasteiger partial charge on any atom is 0.264 e. The van der Waals surface area contributed by atoms with Gasteiger partial charge in [0.15, 0.2) is 11.7 Å². The highest BCUT2D eigenvalue weighted by Gasteiger charge is 2.20. The minimum atomic E-state index is -0.262. The van der Waals surface area contributed by atoms with E-state index >= 15 is 0 Å². The average molecular weight is 400 g/mol. The molecule has 2 aromatic rings. The van der Waals surface area contributed by atoms with E-state index in [0.717, 1.165) is 38.2 Å². The maximum absolute atomic E-state index is 12.1. The van der Waals surface area contributed by atoms with Gasteiger partial charge in [-0.25, -0.2) is 4.98 Å².